The normalized spacial score (nSPS) is 17.4. The highest BCUT2D eigenvalue weighted by molar-refractivity contribution is 7.80. The van der Waals surface area contributed by atoms with E-state index in [1.807, 2.05) is 30.5 Å². The Morgan fingerprint density at radius 2 is 1.75 bits per heavy atom. The molecule has 1 fully saturated rings. The SMILES string of the molecule is COc1ccc(CN2C(=S)N[C@@H](c3ccccn3)[C@H]2c2cc(C)n(-c3cc(C)ccc3C)c2C)cc1. The van der Waals surface area contributed by atoms with E-state index in [0.717, 1.165) is 16.6 Å². The van der Waals surface area contributed by atoms with Crippen LogP contribution in [-0.4, -0.2) is 26.7 Å². The molecule has 1 saturated heterocycles. The Morgan fingerprint density at radius 3 is 2.44 bits per heavy atom. The third-order valence-electron chi connectivity index (χ3n) is 7.10. The highest BCUT2D eigenvalue weighted by Gasteiger charge is 2.41. The number of rotatable bonds is 6. The van der Waals surface area contributed by atoms with Crippen molar-refractivity contribution in [1.82, 2.24) is 19.8 Å². The smallest absolute Gasteiger partial charge is 0.170 e. The van der Waals surface area contributed by atoms with E-state index in [2.05, 4.69) is 84.9 Å². The first-order valence-electron chi connectivity index (χ1n) is 12.2. The minimum atomic E-state index is -0.0514. The number of aryl methyl sites for hydroxylation is 3. The third-order valence-corrected chi connectivity index (χ3v) is 7.46. The summed E-state index contributed by atoms with van der Waals surface area (Å²) >= 11 is 5.91. The summed E-state index contributed by atoms with van der Waals surface area (Å²) in [6, 6.07) is 23.2. The van der Waals surface area contributed by atoms with Crippen molar-refractivity contribution >= 4 is 17.3 Å². The number of pyridine rings is 1. The largest absolute Gasteiger partial charge is 0.497 e. The Hall–Kier alpha value is -3.64. The second-order valence-corrected chi connectivity index (χ2v) is 9.94. The van der Waals surface area contributed by atoms with Gasteiger partial charge in [0.2, 0.25) is 0 Å². The molecule has 5 rings (SSSR count). The molecule has 1 aliphatic heterocycles. The first-order chi connectivity index (χ1) is 17.4. The lowest BCUT2D eigenvalue weighted by Crippen LogP contribution is -2.29. The number of nitrogens with one attached hydrogen (secondary N) is 1. The van der Waals surface area contributed by atoms with Gasteiger partial charge in [-0.05, 0) is 98.6 Å². The molecule has 184 valence electrons. The van der Waals surface area contributed by atoms with E-state index in [1.54, 1.807) is 7.11 Å². The number of thiocarbonyl (C=S) groups is 1. The summed E-state index contributed by atoms with van der Waals surface area (Å²) in [7, 11) is 1.69. The van der Waals surface area contributed by atoms with Crippen molar-refractivity contribution in [3.63, 3.8) is 0 Å². The second-order valence-electron chi connectivity index (χ2n) is 9.55. The van der Waals surface area contributed by atoms with Gasteiger partial charge in [-0.15, -0.1) is 0 Å². The minimum Gasteiger partial charge on any atom is -0.497 e. The minimum absolute atomic E-state index is 0.000401. The molecule has 4 aromatic rings. The van der Waals surface area contributed by atoms with Gasteiger partial charge in [-0.1, -0.05) is 30.3 Å². The van der Waals surface area contributed by atoms with Crippen molar-refractivity contribution in [2.24, 2.45) is 0 Å². The monoisotopic (exact) mass is 496 g/mol. The van der Waals surface area contributed by atoms with Gasteiger partial charge in [-0.2, -0.15) is 0 Å². The highest BCUT2D eigenvalue weighted by Crippen LogP contribution is 2.42. The molecule has 6 heteroatoms. The number of aromatic nitrogens is 2. The van der Waals surface area contributed by atoms with Crippen LogP contribution in [0.15, 0.2) is 72.9 Å². The van der Waals surface area contributed by atoms with E-state index in [9.17, 15) is 0 Å². The molecule has 0 spiro atoms. The van der Waals surface area contributed by atoms with Crippen molar-refractivity contribution in [1.29, 1.82) is 0 Å². The van der Waals surface area contributed by atoms with Crippen LogP contribution < -0.4 is 10.1 Å². The van der Waals surface area contributed by atoms with E-state index in [0.29, 0.717) is 6.54 Å². The maximum atomic E-state index is 5.91. The fourth-order valence-corrected chi connectivity index (χ4v) is 5.57. The van der Waals surface area contributed by atoms with E-state index in [4.69, 9.17) is 21.9 Å². The zero-order valence-corrected chi connectivity index (χ0v) is 22.3. The van der Waals surface area contributed by atoms with Gasteiger partial charge in [0.05, 0.1) is 24.9 Å². The molecule has 5 nitrogen and oxygen atoms in total. The Morgan fingerprint density at radius 1 is 0.972 bits per heavy atom. The molecule has 1 N–H and O–H groups in total. The van der Waals surface area contributed by atoms with Crippen LogP contribution in [0.2, 0.25) is 0 Å². The van der Waals surface area contributed by atoms with Gasteiger partial charge >= 0.3 is 0 Å². The van der Waals surface area contributed by atoms with Crippen LogP contribution in [0.4, 0.5) is 0 Å². The zero-order valence-electron chi connectivity index (χ0n) is 21.4. The molecule has 1 aliphatic rings. The van der Waals surface area contributed by atoms with Crippen LogP contribution in [-0.2, 0) is 6.54 Å². The summed E-state index contributed by atoms with van der Waals surface area (Å²) in [6.45, 7) is 9.41. The number of hydrogen-bond acceptors (Lipinski definition) is 3. The van der Waals surface area contributed by atoms with E-state index in [1.165, 1.54) is 39.3 Å². The lowest BCUT2D eigenvalue weighted by Gasteiger charge is -2.28. The lowest BCUT2D eigenvalue weighted by molar-refractivity contribution is 0.310. The predicted molar refractivity (Wildman–Crippen MR) is 149 cm³/mol. The zero-order chi connectivity index (χ0) is 25.4. The standard InChI is InChI=1S/C30H32N4OS/c1-19-9-10-20(2)27(16-19)34-21(3)17-25(22(34)4)29-28(26-8-6-7-15-31-26)32-30(36)33(29)18-23-11-13-24(35-5)14-12-23/h6-17,28-29H,18H2,1-5H3,(H,32,36)/t28-,29+/m0/s1. The maximum absolute atomic E-state index is 5.91. The number of methoxy groups -OCH3 is 1. The molecule has 0 saturated carbocycles. The summed E-state index contributed by atoms with van der Waals surface area (Å²) in [6.07, 6.45) is 1.85. The molecule has 0 unspecified atom stereocenters. The molecule has 0 radical (unpaired) electrons. The summed E-state index contributed by atoms with van der Waals surface area (Å²) in [5.74, 6) is 0.848. The predicted octanol–water partition coefficient (Wildman–Crippen LogP) is 6.29. The molecule has 0 amide bonds. The summed E-state index contributed by atoms with van der Waals surface area (Å²) in [5, 5.41) is 4.33. The number of benzene rings is 2. The average molecular weight is 497 g/mol. The Labute approximate surface area is 218 Å². The van der Waals surface area contributed by atoms with Crippen LogP contribution >= 0.6 is 12.2 Å². The fourth-order valence-electron chi connectivity index (χ4n) is 5.26. The van der Waals surface area contributed by atoms with E-state index >= 15 is 0 Å². The van der Waals surface area contributed by atoms with Crippen molar-refractivity contribution < 1.29 is 4.74 Å². The van der Waals surface area contributed by atoms with Crippen molar-refractivity contribution in [3.8, 4) is 11.4 Å². The third kappa shape index (κ3) is 4.37. The second kappa shape index (κ2) is 9.78. The fraction of sp³-hybridized carbons (Fsp3) is 0.267. The first kappa shape index (κ1) is 24.1. The first-order valence-corrected chi connectivity index (χ1v) is 12.7. The number of nitrogens with zero attached hydrogens (tertiary/aromatic N) is 3. The summed E-state index contributed by atoms with van der Waals surface area (Å²) < 4.78 is 7.73. The average Bonchev–Trinajstić information content (AvgIpc) is 3.36. The van der Waals surface area contributed by atoms with Gasteiger partial charge in [-0.25, -0.2) is 0 Å². The Balaban J connectivity index is 1.61. The lowest BCUT2D eigenvalue weighted by atomic mass is 9.96. The molecular weight excluding hydrogens is 464 g/mol. The van der Waals surface area contributed by atoms with Crippen LogP contribution in [0.1, 0.15) is 51.4 Å². The quantitative estimate of drug-likeness (QED) is 0.318. The van der Waals surface area contributed by atoms with Crippen LogP contribution in [0.3, 0.4) is 0 Å². The highest BCUT2D eigenvalue weighted by atomic mass is 32.1. The van der Waals surface area contributed by atoms with Gasteiger partial charge in [-0.3, -0.25) is 4.98 Å². The van der Waals surface area contributed by atoms with Crippen LogP contribution in [0, 0.1) is 27.7 Å². The van der Waals surface area contributed by atoms with Gasteiger partial charge in [0, 0.05) is 29.8 Å². The van der Waals surface area contributed by atoms with Gasteiger partial charge < -0.3 is 19.5 Å². The van der Waals surface area contributed by atoms with E-state index < -0.39 is 0 Å². The molecule has 2 aromatic heterocycles. The summed E-state index contributed by atoms with van der Waals surface area (Å²) in [5.41, 5.74) is 9.57. The van der Waals surface area contributed by atoms with Crippen molar-refractivity contribution in [2.45, 2.75) is 46.3 Å². The van der Waals surface area contributed by atoms with Crippen LogP contribution in [0.25, 0.3) is 5.69 Å². The Bertz CT molecular complexity index is 1390. The maximum Gasteiger partial charge on any atom is 0.170 e. The van der Waals surface area contributed by atoms with E-state index in [-0.39, 0.29) is 12.1 Å². The molecule has 36 heavy (non-hydrogen) atoms. The molecule has 2 atom stereocenters. The van der Waals surface area contributed by atoms with Crippen molar-refractivity contribution in [3.05, 3.63) is 112 Å². The topological polar surface area (TPSA) is 42.3 Å². The van der Waals surface area contributed by atoms with Crippen LogP contribution in [0.5, 0.6) is 5.75 Å². The molecule has 0 bridgehead atoms. The number of ether oxygens (including phenoxy) is 1. The van der Waals surface area contributed by atoms with Crippen molar-refractivity contribution in [2.75, 3.05) is 7.11 Å². The van der Waals surface area contributed by atoms with Gasteiger partial charge in [0.25, 0.3) is 0 Å². The van der Waals surface area contributed by atoms with Gasteiger partial charge in [0.1, 0.15) is 5.75 Å². The summed E-state index contributed by atoms with van der Waals surface area (Å²) in [4.78, 5) is 7.00. The molecule has 2 aromatic carbocycles. The molecule has 0 aliphatic carbocycles. The van der Waals surface area contributed by atoms with Gasteiger partial charge in [0.15, 0.2) is 5.11 Å². The molecule has 3 heterocycles. The number of hydrogen-bond donors (Lipinski definition) is 1. The Kier molecular flexibility index (Phi) is 6.54. The molecular formula is C30H32N4OS.